The Morgan fingerprint density at radius 3 is 2.69 bits per heavy atom. The predicted molar refractivity (Wildman–Crippen MR) is 58.0 cm³/mol. The maximum absolute atomic E-state index is 11.4. The SMILES string of the molecule is CCCCC(=O)NC1CSC1(C)C. The van der Waals surface area contributed by atoms with Gasteiger partial charge in [0.15, 0.2) is 0 Å². The van der Waals surface area contributed by atoms with Crippen LogP contribution in [-0.4, -0.2) is 22.4 Å². The van der Waals surface area contributed by atoms with Crippen molar-refractivity contribution in [3.05, 3.63) is 0 Å². The Morgan fingerprint density at radius 2 is 2.31 bits per heavy atom. The Balaban J connectivity index is 2.21. The average molecular weight is 201 g/mol. The van der Waals surface area contributed by atoms with E-state index in [2.05, 4.69) is 26.1 Å². The van der Waals surface area contributed by atoms with Crippen molar-refractivity contribution in [2.24, 2.45) is 0 Å². The molecule has 2 nitrogen and oxygen atoms in total. The van der Waals surface area contributed by atoms with Gasteiger partial charge in [-0.3, -0.25) is 4.79 Å². The first-order valence-corrected chi connectivity index (χ1v) is 5.98. The van der Waals surface area contributed by atoms with Gasteiger partial charge < -0.3 is 5.32 Å². The molecule has 1 saturated heterocycles. The Bertz CT molecular complexity index is 191. The van der Waals surface area contributed by atoms with Crippen molar-refractivity contribution >= 4 is 17.7 Å². The fourth-order valence-corrected chi connectivity index (χ4v) is 2.46. The van der Waals surface area contributed by atoms with Crippen molar-refractivity contribution in [1.82, 2.24) is 5.32 Å². The normalized spacial score (nSPS) is 25.0. The molecule has 1 rings (SSSR count). The lowest BCUT2D eigenvalue weighted by molar-refractivity contribution is -0.122. The van der Waals surface area contributed by atoms with E-state index in [1.165, 1.54) is 0 Å². The highest BCUT2D eigenvalue weighted by Crippen LogP contribution is 2.39. The third kappa shape index (κ3) is 2.90. The van der Waals surface area contributed by atoms with Gasteiger partial charge in [0.05, 0.1) is 6.04 Å². The van der Waals surface area contributed by atoms with Gasteiger partial charge in [-0.15, -0.1) is 0 Å². The molecule has 0 aromatic carbocycles. The molecule has 1 fully saturated rings. The van der Waals surface area contributed by atoms with Crippen molar-refractivity contribution in [3.8, 4) is 0 Å². The second kappa shape index (κ2) is 4.36. The molecule has 0 radical (unpaired) electrons. The van der Waals surface area contributed by atoms with E-state index in [9.17, 15) is 4.79 Å². The largest absolute Gasteiger partial charge is 0.351 e. The van der Waals surface area contributed by atoms with E-state index in [1.807, 2.05) is 11.8 Å². The molecule has 0 aliphatic carbocycles. The fraction of sp³-hybridized carbons (Fsp3) is 0.900. The van der Waals surface area contributed by atoms with Gasteiger partial charge in [0.1, 0.15) is 0 Å². The molecular formula is C10H19NOS. The summed E-state index contributed by atoms with van der Waals surface area (Å²) < 4.78 is 0.252. The molecule has 1 aliphatic heterocycles. The van der Waals surface area contributed by atoms with Crippen LogP contribution in [0.5, 0.6) is 0 Å². The monoisotopic (exact) mass is 201 g/mol. The van der Waals surface area contributed by atoms with Gasteiger partial charge in [0.25, 0.3) is 0 Å². The Hall–Kier alpha value is -0.180. The molecule has 1 unspecified atom stereocenters. The van der Waals surface area contributed by atoms with Crippen LogP contribution < -0.4 is 5.32 Å². The molecule has 3 heteroatoms. The van der Waals surface area contributed by atoms with Gasteiger partial charge in [0, 0.05) is 16.9 Å². The Morgan fingerprint density at radius 1 is 1.62 bits per heavy atom. The minimum absolute atomic E-state index is 0.222. The topological polar surface area (TPSA) is 29.1 Å². The van der Waals surface area contributed by atoms with Crippen LogP contribution in [0, 0.1) is 0 Å². The van der Waals surface area contributed by atoms with Crippen LogP contribution in [0.25, 0.3) is 0 Å². The van der Waals surface area contributed by atoms with Crippen LogP contribution in [0.1, 0.15) is 40.0 Å². The first kappa shape index (κ1) is 10.9. The molecule has 1 atom stereocenters. The van der Waals surface area contributed by atoms with Gasteiger partial charge in [-0.2, -0.15) is 11.8 Å². The zero-order valence-electron chi connectivity index (χ0n) is 8.72. The number of rotatable bonds is 4. The highest BCUT2D eigenvalue weighted by molar-refractivity contribution is 8.02. The summed E-state index contributed by atoms with van der Waals surface area (Å²) >= 11 is 1.92. The molecule has 0 aromatic heterocycles. The molecule has 0 bridgehead atoms. The summed E-state index contributed by atoms with van der Waals surface area (Å²) in [4.78, 5) is 11.4. The second-order valence-electron chi connectivity index (χ2n) is 4.14. The second-order valence-corrected chi connectivity index (χ2v) is 5.81. The van der Waals surface area contributed by atoms with Crippen molar-refractivity contribution in [1.29, 1.82) is 0 Å². The third-order valence-electron chi connectivity index (χ3n) is 2.55. The summed E-state index contributed by atoms with van der Waals surface area (Å²) in [5, 5.41) is 3.08. The maximum Gasteiger partial charge on any atom is 0.220 e. The number of carbonyl (C=O) groups excluding carboxylic acids is 1. The first-order valence-electron chi connectivity index (χ1n) is 4.99. The van der Waals surface area contributed by atoms with E-state index < -0.39 is 0 Å². The molecule has 0 spiro atoms. The van der Waals surface area contributed by atoms with Gasteiger partial charge >= 0.3 is 0 Å². The number of hydrogen-bond acceptors (Lipinski definition) is 2. The molecule has 1 heterocycles. The van der Waals surface area contributed by atoms with E-state index in [0.29, 0.717) is 12.5 Å². The summed E-state index contributed by atoms with van der Waals surface area (Å²) in [7, 11) is 0. The molecule has 0 aromatic rings. The number of amides is 1. The van der Waals surface area contributed by atoms with Crippen LogP contribution in [0.3, 0.4) is 0 Å². The van der Waals surface area contributed by atoms with Crippen molar-refractivity contribution < 1.29 is 4.79 Å². The molecule has 1 N–H and O–H groups in total. The van der Waals surface area contributed by atoms with Crippen LogP contribution in [0.2, 0.25) is 0 Å². The summed E-state index contributed by atoms with van der Waals surface area (Å²) in [6, 6.07) is 0.391. The van der Waals surface area contributed by atoms with Crippen LogP contribution in [-0.2, 0) is 4.79 Å². The van der Waals surface area contributed by atoms with Crippen molar-refractivity contribution in [3.63, 3.8) is 0 Å². The molecule has 1 amide bonds. The van der Waals surface area contributed by atoms with Gasteiger partial charge in [-0.1, -0.05) is 13.3 Å². The number of carbonyl (C=O) groups is 1. The quantitative estimate of drug-likeness (QED) is 0.755. The number of thioether (sulfide) groups is 1. The highest BCUT2D eigenvalue weighted by atomic mass is 32.2. The maximum atomic E-state index is 11.4. The van der Waals surface area contributed by atoms with E-state index >= 15 is 0 Å². The minimum Gasteiger partial charge on any atom is -0.351 e. The lowest BCUT2D eigenvalue weighted by Gasteiger charge is -2.43. The Kier molecular flexibility index (Phi) is 3.65. The number of hydrogen-bond donors (Lipinski definition) is 1. The van der Waals surface area contributed by atoms with Crippen LogP contribution in [0.15, 0.2) is 0 Å². The average Bonchev–Trinajstić information content (AvgIpc) is 2.09. The fourth-order valence-electron chi connectivity index (χ4n) is 1.32. The highest BCUT2D eigenvalue weighted by Gasteiger charge is 2.40. The van der Waals surface area contributed by atoms with E-state index in [-0.39, 0.29) is 10.7 Å². The van der Waals surface area contributed by atoms with Gasteiger partial charge in [-0.25, -0.2) is 0 Å². The summed E-state index contributed by atoms with van der Waals surface area (Å²) in [5.41, 5.74) is 0. The standard InChI is InChI=1S/C10H19NOS/c1-4-5-6-9(12)11-8-7-13-10(8,2)3/h8H,4-7H2,1-3H3,(H,11,12). The summed E-state index contributed by atoms with van der Waals surface area (Å²) in [6.07, 6.45) is 2.79. The van der Waals surface area contributed by atoms with Crippen LogP contribution >= 0.6 is 11.8 Å². The zero-order chi connectivity index (χ0) is 9.90. The summed E-state index contributed by atoms with van der Waals surface area (Å²) in [5.74, 6) is 1.30. The first-order chi connectivity index (χ1) is 6.06. The molecule has 13 heavy (non-hydrogen) atoms. The molecule has 1 aliphatic rings. The van der Waals surface area contributed by atoms with Gasteiger partial charge in [-0.05, 0) is 20.3 Å². The van der Waals surface area contributed by atoms with Crippen LogP contribution in [0.4, 0.5) is 0 Å². The summed E-state index contributed by atoms with van der Waals surface area (Å²) in [6.45, 7) is 6.48. The van der Waals surface area contributed by atoms with E-state index in [4.69, 9.17) is 0 Å². The number of nitrogens with one attached hydrogen (secondary N) is 1. The van der Waals surface area contributed by atoms with E-state index in [0.717, 1.165) is 18.6 Å². The smallest absolute Gasteiger partial charge is 0.220 e. The lowest BCUT2D eigenvalue weighted by Crippen LogP contribution is -2.56. The molecule has 76 valence electrons. The molecule has 0 saturated carbocycles. The Labute approximate surface area is 84.9 Å². The van der Waals surface area contributed by atoms with Gasteiger partial charge in [0.2, 0.25) is 5.91 Å². The number of unbranched alkanes of at least 4 members (excludes halogenated alkanes) is 1. The van der Waals surface area contributed by atoms with Crippen molar-refractivity contribution in [2.75, 3.05) is 5.75 Å². The third-order valence-corrected chi connectivity index (χ3v) is 4.08. The minimum atomic E-state index is 0.222. The lowest BCUT2D eigenvalue weighted by atomic mass is 10.0. The predicted octanol–water partition coefficient (Wildman–Crippen LogP) is 2.19. The van der Waals surface area contributed by atoms with Crippen molar-refractivity contribution in [2.45, 2.75) is 50.8 Å². The molecular weight excluding hydrogens is 182 g/mol. The zero-order valence-corrected chi connectivity index (χ0v) is 9.54. The van der Waals surface area contributed by atoms with E-state index in [1.54, 1.807) is 0 Å².